The van der Waals surface area contributed by atoms with Gasteiger partial charge in [0.25, 0.3) is 0 Å². The van der Waals surface area contributed by atoms with Crippen molar-refractivity contribution >= 4 is 0 Å². The lowest BCUT2D eigenvalue weighted by atomic mass is 9.74. The lowest BCUT2D eigenvalue weighted by Crippen LogP contribution is -2.14. The first-order valence-corrected chi connectivity index (χ1v) is 10.1. The van der Waals surface area contributed by atoms with E-state index in [1.54, 1.807) is 12.1 Å². The summed E-state index contributed by atoms with van der Waals surface area (Å²) in [4.78, 5) is 0. The zero-order valence-corrected chi connectivity index (χ0v) is 17.0. The second-order valence-corrected chi connectivity index (χ2v) is 7.73. The molecule has 2 nitrogen and oxygen atoms in total. The summed E-state index contributed by atoms with van der Waals surface area (Å²) in [5.74, 6) is 1.14. The Morgan fingerprint density at radius 1 is 0.714 bits per heavy atom. The fourth-order valence-electron chi connectivity index (χ4n) is 4.05. The number of phenolic OH excluding ortho intramolecular Hbond substituents is 2. The summed E-state index contributed by atoms with van der Waals surface area (Å²) < 4.78 is 0. The zero-order chi connectivity index (χ0) is 20.1. The number of benzene rings is 3. The molecule has 0 radical (unpaired) electrons. The minimum atomic E-state index is 0.160. The Labute approximate surface area is 168 Å². The molecule has 0 amide bonds. The van der Waals surface area contributed by atoms with Gasteiger partial charge < -0.3 is 10.2 Å². The maximum Gasteiger partial charge on any atom is 0.118 e. The normalized spacial score (nSPS) is 12.3. The number of hydrogen-bond acceptors (Lipinski definition) is 2. The van der Waals surface area contributed by atoms with Crippen molar-refractivity contribution in [3.8, 4) is 11.5 Å². The van der Waals surface area contributed by atoms with Crippen molar-refractivity contribution in [1.29, 1.82) is 0 Å². The van der Waals surface area contributed by atoms with Crippen molar-refractivity contribution in [3.05, 3.63) is 94.5 Å². The molecular formula is C26H30O2. The number of phenols is 2. The van der Waals surface area contributed by atoms with Crippen molar-refractivity contribution in [2.75, 3.05) is 0 Å². The summed E-state index contributed by atoms with van der Waals surface area (Å²) in [6.45, 7) is 6.12. The minimum absolute atomic E-state index is 0.160. The van der Waals surface area contributed by atoms with Crippen LogP contribution >= 0.6 is 0 Å². The van der Waals surface area contributed by atoms with Gasteiger partial charge in [-0.2, -0.15) is 0 Å². The van der Waals surface area contributed by atoms with Gasteiger partial charge in [-0.3, -0.25) is 0 Å². The van der Waals surface area contributed by atoms with Crippen LogP contribution in [0.25, 0.3) is 0 Å². The third-order valence-corrected chi connectivity index (χ3v) is 5.66. The summed E-state index contributed by atoms with van der Waals surface area (Å²) in [6, 6.07) is 22.6. The van der Waals surface area contributed by atoms with Gasteiger partial charge in [-0.1, -0.05) is 74.4 Å². The van der Waals surface area contributed by atoms with E-state index < -0.39 is 0 Å². The van der Waals surface area contributed by atoms with Crippen molar-refractivity contribution in [3.63, 3.8) is 0 Å². The van der Waals surface area contributed by atoms with Gasteiger partial charge in [-0.05, 0) is 66.1 Å². The Morgan fingerprint density at radius 2 is 1.25 bits per heavy atom. The molecule has 0 fully saturated rings. The van der Waals surface area contributed by atoms with E-state index in [0.717, 1.165) is 30.4 Å². The van der Waals surface area contributed by atoms with Gasteiger partial charge in [-0.25, -0.2) is 0 Å². The zero-order valence-electron chi connectivity index (χ0n) is 17.0. The van der Waals surface area contributed by atoms with E-state index in [2.05, 4.69) is 49.4 Å². The molecule has 146 valence electrons. The third-order valence-electron chi connectivity index (χ3n) is 5.66. The molecule has 0 saturated carbocycles. The third kappa shape index (κ3) is 4.39. The number of aromatic hydroxyl groups is 2. The topological polar surface area (TPSA) is 40.5 Å². The molecule has 2 heteroatoms. The van der Waals surface area contributed by atoms with Crippen molar-refractivity contribution in [1.82, 2.24) is 0 Å². The first kappa shape index (κ1) is 20.0. The summed E-state index contributed by atoms with van der Waals surface area (Å²) in [7, 11) is 0. The number of hydrogen-bond donors (Lipinski definition) is 2. The molecule has 0 aliphatic heterocycles. The predicted octanol–water partition coefficient (Wildman–Crippen LogP) is 6.82. The Bertz CT molecular complexity index is 863. The van der Waals surface area contributed by atoms with E-state index in [1.165, 1.54) is 16.7 Å². The van der Waals surface area contributed by atoms with Gasteiger partial charge in [0.2, 0.25) is 0 Å². The summed E-state index contributed by atoms with van der Waals surface area (Å²) in [5.41, 5.74) is 5.51. The van der Waals surface area contributed by atoms with E-state index in [1.807, 2.05) is 26.0 Å². The van der Waals surface area contributed by atoms with E-state index in [9.17, 15) is 10.2 Å². The molecule has 3 aromatic rings. The molecular weight excluding hydrogens is 344 g/mol. The molecule has 0 saturated heterocycles. The summed E-state index contributed by atoms with van der Waals surface area (Å²) in [6.07, 6.45) is 3.40. The van der Waals surface area contributed by atoms with Crippen LogP contribution in [0, 0.1) is 13.8 Å². The highest BCUT2D eigenvalue weighted by Gasteiger charge is 2.27. The molecule has 0 bridgehead atoms. The molecule has 0 unspecified atom stereocenters. The van der Waals surface area contributed by atoms with Gasteiger partial charge >= 0.3 is 0 Å². The highest BCUT2D eigenvalue weighted by molar-refractivity contribution is 5.46. The van der Waals surface area contributed by atoms with Crippen molar-refractivity contribution in [2.24, 2.45) is 0 Å². The van der Waals surface area contributed by atoms with Crippen LogP contribution < -0.4 is 0 Å². The fraction of sp³-hybridized carbons (Fsp3) is 0.308. The molecule has 28 heavy (non-hydrogen) atoms. The smallest absolute Gasteiger partial charge is 0.118 e. The Morgan fingerprint density at radius 3 is 1.71 bits per heavy atom. The Hall–Kier alpha value is -2.74. The van der Waals surface area contributed by atoms with E-state index in [0.29, 0.717) is 17.4 Å². The molecule has 2 N–H and O–H groups in total. The van der Waals surface area contributed by atoms with Gasteiger partial charge in [-0.15, -0.1) is 0 Å². The van der Waals surface area contributed by atoms with Crippen molar-refractivity contribution < 1.29 is 10.2 Å². The van der Waals surface area contributed by atoms with Crippen LogP contribution in [0.5, 0.6) is 11.5 Å². The lowest BCUT2D eigenvalue weighted by Gasteiger charge is -2.29. The molecule has 0 aromatic heterocycles. The first-order chi connectivity index (χ1) is 13.5. The Kier molecular flexibility index (Phi) is 6.41. The number of aryl methyl sites for hydroxylation is 2. The molecule has 0 aliphatic rings. The quantitative estimate of drug-likeness (QED) is 0.476. The second kappa shape index (κ2) is 8.97. The number of rotatable bonds is 7. The van der Waals surface area contributed by atoms with Gasteiger partial charge in [0.1, 0.15) is 11.5 Å². The average molecular weight is 375 g/mol. The second-order valence-electron chi connectivity index (χ2n) is 7.73. The van der Waals surface area contributed by atoms with Crippen LogP contribution in [-0.2, 0) is 0 Å². The molecule has 1 atom stereocenters. The van der Waals surface area contributed by atoms with Gasteiger partial charge in [0, 0.05) is 5.92 Å². The fourth-order valence-corrected chi connectivity index (χ4v) is 4.05. The molecule has 0 aliphatic carbocycles. The van der Waals surface area contributed by atoms with Crippen LogP contribution in [0.15, 0.2) is 66.7 Å². The van der Waals surface area contributed by atoms with Gasteiger partial charge in [0.15, 0.2) is 0 Å². The maximum absolute atomic E-state index is 10.0. The predicted molar refractivity (Wildman–Crippen MR) is 116 cm³/mol. The van der Waals surface area contributed by atoms with Crippen LogP contribution in [0.2, 0.25) is 0 Å². The highest BCUT2D eigenvalue weighted by atomic mass is 16.3. The molecule has 3 aromatic carbocycles. The molecule has 0 spiro atoms. The lowest BCUT2D eigenvalue weighted by molar-refractivity contribution is 0.469. The molecule has 0 heterocycles. The summed E-state index contributed by atoms with van der Waals surface area (Å²) >= 11 is 0. The van der Waals surface area contributed by atoms with E-state index >= 15 is 0 Å². The summed E-state index contributed by atoms with van der Waals surface area (Å²) in [5, 5.41) is 20.1. The monoisotopic (exact) mass is 374 g/mol. The van der Waals surface area contributed by atoms with E-state index in [-0.39, 0.29) is 5.92 Å². The minimum Gasteiger partial charge on any atom is -0.508 e. The largest absolute Gasteiger partial charge is 0.508 e. The van der Waals surface area contributed by atoms with Crippen molar-refractivity contribution in [2.45, 2.75) is 51.9 Å². The van der Waals surface area contributed by atoms with Crippen LogP contribution in [-0.4, -0.2) is 10.2 Å². The standard InChI is InChI=1S/C26H30O2/c1-4-5-11-23(20-9-7-6-8-10-20)26(21-12-14-24(27)18(2)16-21)22-13-15-25(28)19(3)17-22/h6-10,12-17,23,26-28H,4-5,11H2,1-3H3/t23-/m0/s1. The van der Waals surface area contributed by atoms with Gasteiger partial charge in [0.05, 0.1) is 0 Å². The van der Waals surface area contributed by atoms with Crippen LogP contribution in [0.3, 0.4) is 0 Å². The SMILES string of the molecule is CCCC[C@@H](c1ccccc1)C(c1ccc(O)c(C)c1)c1ccc(O)c(C)c1. The highest BCUT2D eigenvalue weighted by Crippen LogP contribution is 2.43. The van der Waals surface area contributed by atoms with Crippen LogP contribution in [0.1, 0.15) is 65.8 Å². The maximum atomic E-state index is 10.0. The van der Waals surface area contributed by atoms with E-state index in [4.69, 9.17) is 0 Å². The van der Waals surface area contributed by atoms with Crippen LogP contribution in [0.4, 0.5) is 0 Å². The average Bonchev–Trinajstić information content (AvgIpc) is 2.70. The Balaban J connectivity index is 2.16. The first-order valence-electron chi connectivity index (χ1n) is 10.1. The molecule has 3 rings (SSSR count). The number of unbranched alkanes of at least 4 members (excludes halogenated alkanes) is 1.